The quantitative estimate of drug-likeness (QED) is 0.370. The lowest BCUT2D eigenvalue weighted by molar-refractivity contribution is 0.0319. The van der Waals surface area contributed by atoms with Crippen molar-refractivity contribution in [1.29, 1.82) is 0 Å². The number of rotatable bonds is 5. The van der Waals surface area contributed by atoms with Gasteiger partial charge in [0.1, 0.15) is 5.82 Å². The molecule has 0 spiro atoms. The van der Waals surface area contributed by atoms with Gasteiger partial charge in [-0.05, 0) is 60.1 Å². The standard InChI is InChI=1S/C28H27F3O/c1-3-5-23-13-10-22(17-32-23)24-14-12-21(16-26(24)29)19-6-8-20(9-7-19)25-15-11-18(4-2)27(30)28(25)31/h3,5-9,11-12,14-16,22-23H,4,10,13,17H2,1-2H3. The van der Waals surface area contributed by atoms with E-state index in [1.807, 2.05) is 31.2 Å². The van der Waals surface area contributed by atoms with Crippen LogP contribution in [0.3, 0.4) is 0 Å². The summed E-state index contributed by atoms with van der Waals surface area (Å²) in [4.78, 5) is 0. The van der Waals surface area contributed by atoms with Crippen molar-refractivity contribution in [3.63, 3.8) is 0 Å². The lowest BCUT2D eigenvalue weighted by Crippen LogP contribution is -2.23. The Morgan fingerprint density at radius 2 is 1.59 bits per heavy atom. The number of aryl methyl sites for hydroxylation is 1. The lowest BCUT2D eigenvalue weighted by Gasteiger charge is -2.28. The van der Waals surface area contributed by atoms with Gasteiger partial charge in [0.15, 0.2) is 11.6 Å². The van der Waals surface area contributed by atoms with E-state index in [9.17, 15) is 13.2 Å². The zero-order valence-electron chi connectivity index (χ0n) is 18.4. The fraction of sp³-hybridized carbons (Fsp3) is 0.286. The molecule has 1 heterocycles. The average Bonchev–Trinajstić information content (AvgIpc) is 2.82. The van der Waals surface area contributed by atoms with Crippen molar-refractivity contribution in [2.24, 2.45) is 0 Å². The van der Waals surface area contributed by atoms with Gasteiger partial charge in [-0.25, -0.2) is 13.2 Å². The van der Waals surface area contributed by atoms with Crippen molar-refractivity contribution in [3.8, 4) is 22.3 Å². The number of halogens is 3. The SMILES string of the molecule is CC=CC1CCC(c2ccc(-c3ccc(-c4ccc(CC)c(F)c4F)cc3)cc2F)CO1. The zero-order chi connectivity index (χ0) is 22.7. The second kappa shape index (κ2) is 9.74. The molecule has 0 aliphatic carbocycles. The van der Waals surface area contributed by atoms with Crippen LogP contribution in [0.2, 0.25) is 0 Å². The molecule has 0 N–H and O–H groups in total. The predicted octanol–water partition coefficient (Wildman–Crippen LogP) is 7.84. The van der Waals surface area contributed by atoms with Crippen LogP contribution in [0.1, 0.15) is 43.7 Å². The first-order valence-corrected chi connectivity index (χ1v) is 11.1. The minimum absolute atomic E-state index is 0.0527. The van der Waals surface area contributed by atoms with E-state index in [0.29, 0.717) is 29.7 Å². The van der Waals surface area contributed by atoms with E-state index < -0.39 is 11.6 Å². The summed E-state index contributed by atoms with van der Waals surface area (Å²) in [6.45, 7) is 4.27. The van der Waals surface area contributed by atoms with Crippen molar-refractivity contribution in [2.45, 2.75) is 45.1 Å². The zero-order valence-corrected chi connectivity index (χ0v) is 18.4. The Balaban J connectivity index is 1.53. The van der Waals surface area contributed by atoms with E-state index in [1.54, 1.807) is 49.4 Å². The van der Waals surface area contributed by atoms with Crippen LogP contribution < -0.4 is 0 Å². The van der Waals surface area contributed by atoms with E-state index in [2.05, 4.69) is 0 Å². The first kappa shape index (κ1) is 22.3. The topological polar surface area (TPSA) is 9.23 Å². The van der Waals surface area contributed by atoms with Crippen LogP contribution in [0.4, 0.5) is 13.2 Å². The molecule has 0 amide bonds. The molecule has 0 saturated carbocycles. The van der Waals surface area contributed by atoms with Gasteiger partial charge in [-0.2, -0.15) is 0 Å². The van der Waals surface area contributed by atoms with Crippen LogP contribution in [0.25, 0.3) is 22.3 Å². The molecule has 0 aromatic heterocycles. The summed E-state index contributed by atoms with van der Waals surface area (Å²) < 4.78 is 49.4. The number of allylic oxidation sites excluding steroid dienone is 1. The minimum atomic E-state index is -0.834. The Labute approximate surface area is 187 Å². The fourth-order valence-corrected chi connectivity index (χ4v) is 4.35. The molecule has 2 atom stereocenters. The molecule has 1 nitrogen and oxygen atoms in total. The van der Waals surface area contributed by atoms with Gasteiger partial charge in [-0.1, -0.05) is 67.6 Å². The Morgan fingerprint density at radius 1 is 0.875 bits per heavy atom. The molecule has 1 saturated heterocycles. The molecule has 1 aliphatic rings. The monoisotopic (exact) mass is 436 g/mol. The second-order valence-corrected chi connectivity index (χ2v) is 8.24. The fourth-order valence-electron chi connectivity index (χ4n) is 4.35. The normalized spacial score (nSPS) is 18.9. The third-order valence-corrected chi connectivity index (χ3v) is 6.23. The maximum absolute atomic E-state index is 14.9. The van der Waals surface area contributed by atoms with Gasteiger partial charge in [0, 0.05) is 11.5 Å². The van der Waals surface area contributed by atoms with E-state index >= 15 is 0 Å². The Hall–Kier alpha value is -2.85. The molecule has 2 unspecified atom stereocenters. The van der Waals surface area contributed by atoms with Gasteiger partial charge in [-0.3, -0.25) is 0 Å². The van der Waals surface area contributed by atoms with E-state index in [1.165, 1.54) is 0 Å². The minimum Gasteiger partial charge on any atom is -0.374 e. The number of hydrogen-bond donors (Lipinski definition) is 0. The number of ether oxygens (including phenoxy) is 1. The van der Waals surface area contributed by atoms with Crippen molar-refractivity contribution in [2.75, 3.05) is 6.61 Å². The maximum atomic E-state index is 14.9. The highest BCUT2D eigenvalue weighted by Gasteiger charge is 2.24. The molecule has 3 aromatic rings. The molecule has 3 aromatic carbocycles. The summed E-state index contributed by atoms with van der Waals surface area (Å²) in [5.41, 5.74) is 3.41. The molecule has 4 heteroatoms. The van der Waals surface area contributed by atoms with Gasteiger partial charge < -0.3 is 4.74 Å². The first-order chi connectivity index (χ1) is 15.5. The smallest absolute Gasteiger partial charge is 0.166 e. The molecular formula is C28H27F3O. The van der Waals surface area contributed by atoms with Crippen LogP contribution in [-0.2, 0) is 11.2 Å². The molecule has 1 fully saturated rings. The lowest BCUT2D eigenvalue weighted by atomic mass is 9.89. The van der Waals surface area contributed by atoms with Crippen LogP contribution in [0.15, 0.2) is 66.7 Å². The number of benzene rings is 3. The summed E-state index contributed by atoms with van der Waals surface area (Å²) >= 11 is 0. The summed E-state index contributed by atoms with van der Waals surface area (Å²) in [7, 11) is 0. The number of hydrogen-bond acceptors (Lipinski definition) is 1. The molecule has 32 heavy (non-hydrogen) atoms. The summed E-state index contributed by atoms with van der Waals surface area (Å²) in [5.74, 6) is -1.82. The van der Waals surface area contributed by atoms with Crippen LogP contribution >= 0.6 is 0 Å². The summed E-state index contributed by atoms with van der Waals surface area (Å²) in [6, 6.07) is 15.6. The average molecular weight is 437 g/mol. The Morgan fingerprint density at radius 3 is 2.22 bits per heavy atom. The first-order valence-electron chi connectivity index (χ1n) is 11.1. The van der Waals surface area contributed by atoms with Crippen LogP contribution in [0.5, 0.6) is 0 Å². The molecule has 166 valence electrons. The second-order valence-electron chi connectivity index (χ2n) is 8.24. The van der Waals surface area contributed by atoms with Crippen molar-refractivity contribution in [1.82, 2.24) is 0 Å². The van der Waals surface area contributed by atoms with Gasteiger partial charge in [0.25, 0.3) is 0 Å². The van der Waals surface area contributed by atoms with E-state index in [-0.39, 0.29) is 23.4 Å². The van der Waals surface area contributed by atoms with Crippen molar-refractivity contribution < 1.29 is 17.9 Å². The largest absolute Gasteiger partial charge is 0.374 e. The van der Waals surface area contributed by atoms with Crippen LogP contribution in [-0.4, -0.2) is 12.7 Å². The van der Waals surface area contributed by atoms with Gasteiger partial charge in [-0.15, -0.1) is 0 Å². The predicted molar refractivity (Wildman–Crippen MR) is 123 cm³/mol. The highest BCUT2D eigenvalue weighted by Crippen LogP contribution is 2.33. The molecule has 4 rings (SSSR count). The summed E-state index contributed by atoms with van der Waals surface area (Å²) in [5, 5.41) is 0. The summed E-state index contributed by atoms with van der Waals surface area (Å²) in [6.07, 6.45) is 6.35. The highest BCUT2D eigenvalue weighted by molar-refractivity contribution is 5.71. The van der Waals surface area contributed by atoms with Gasteiger partial charge >= 0.3 is 0 Å². The maximum Gasteiger partial charge on any atom is 0.166 e. The van der Waals surface area contributed by atoms with Crippen molar-refractivity contribution >= 4 is 0 Å². The highest BCUT2D eigenvalue weighted by atomic mass is 19.2. The Kier molecular flexibility index (Phi) is 6.80. The molecule has 0 bridgehead atoms. The van der Waals surface area contributed by atoms with E-state index in [0.717, 1.165) is 24.0 Å². The molecule has 1 aliphatic heterocycles. The van der Waals surface area contributed by atoms with Gasteiger partial charge in [0.05, 0.1) is 12.7 Å². The third kappa shape index (κ3) is 4.51. The van der Waals surface area contributed by atoms with E-state index in [4.69, 9.17) is 4.74 Å². The van der Waals surface area contributed by atoms with Crippen molar-refractivity contribution in [3.05, 3.63) is 95.3 Å². The molecular weight excluding hydrogens is 409 g/mol. The molecule has 0 radical (unpaired) electrons. The Bertz CT molecular complexity index is 1110. The third-order valence-electron chi connectivity index (χ3n) is 6.23. The van der Waals surface area contributed by atoms with Crippen LogP contribution in [0, 0.1) is 17.5 Å². The van der Waals surface area contributed by atoms with Gasteiger partial charge in [0.2, 0.25) is 0 Å².